The zero-order valence-corrected chi connectivity index (χ0v) is 12.2. The smallest absolute Gasteiger partial charge is 0.274 e. The topological polar surface area (TPSA) is 85.3 Å². The van der Waals surface area contributed by atoms with E-state index in [1.165, 1.54) is 6.07 Å². The van der Waals surface area contributed by atoms with E-state index < -0.39 is 10.0 Å². The van der Waals surface area contributed by atoms with Crippen LogP contribution in [0, 0.1) is 11.8 Å². The van der Waals surface area contributed by atoms with E-state index in [9.17, 15) is 8.42 Å². The Labute approximate surface area is 114 Å². The van der Waals surface area contributed by atoms with Crippen LogP contribution in [-0.2, 0) is 16.6 Å². The van der Waals surface area contributed by atoms with Gasteiger partial charge in [-0.15, -0.1) is 0 Å². The predicted molar refractivity (Wildman–Crippen MR) is 72.9 cm³/mol. The van der Waals surface area contributed by atoms with Gasteiger partial charge in [0.25, 0.3) is 10.0 Å². The lowest BCUT2D eigenvalue weighted by atomic mass is 9.80. The van der Waals surface area contributed by atoms with Crippen LogP contribution in [0.5, 0.6) is 0 Å². The molecule has 0 aliphatic heterocycles. The monoisotopic (exact) mass is 286 g/mol. The predicted octanol–water partition coefficient (Wildman–Crippen LogP) is 1.84. The van der Waals surface area contributed by atoms with Gasteiger partial charge in [-0.2, -0.15) is 0 Å². The first-order chi connectivity index (χ1) is 8.92. The summed E-state index contributed by atoms with van der Waals surface area (Å²) in [7, 11) is -3.57. The van der Waals surface area contributed by atoms with E-state index in [0.29, 0.717) is 17.6 Å². The fraction of sp³-hybridized carbons (Fsp3) is 0.692. The molecule has 0 bridgehead atoms. The molecule has 108 valence electrons. The third-order valence-corrected chi connectivity index (χ3v) is 5.20. The van der Waals surface area contributed by atoms with Crippen molar-refractivity contribution in [3.8, 4) is 0 Å². The summed E-state index contributed by atoms with van der Waals surface area (Å²) in [6, 6.07) is 3.05. The van der Waals surface area contributed by atoms with Crippen molar-refractivity contribution in [2.75, 3.05) is 0 Å². The number of sulfonamides is 1. The number of hydrogen-bond donors (Lipinski definition) is 2. The minimum absolute atomic E-state index is 0.00683. The van der Waals surface area contributed by atoms with Gasteiger partial charge in [-0.25, -0.2) is 13.1 Å². The van der Waals surface area contributed by atoms with Crippen LogP contribution in [0.25, 0.3) is 0 Å². The van der Waals surface area contributed by atoms with E-state index in [2.05, 4.69) is 18.6 Å². The third kappa shape index (κ3) is 3.38. The molecule has 0 aromatic carbocycles. The fourth-order valence-corrected chi connectivity index (χ4v) is 4.04. The summed E-state index contributed by atoms with van der Waals surface area (Å²) >= 11 is 0. The van der Waals surface area contributed by atoms with Gasteiger partial charge >= 0.3 is 0 Å². The summed E-state index contributed by atoms with van der Waals surface area (Å²) in [5.74, 6) is 1.50. The first-order valence-electron chi connectivity index (χ1n) is 6.73. The molecule has 3 N–H and O–H groups in total. The maximum absolute atomic E-state index is 12.2. The summed E-state index contributed by atoms with van der Waals surface area (Å²) in [5, 5.41) is -0.0428. The van der Waals surface area contributed by atoms with E-state index >= 15 is 0 Å². The second-order valence-corrected chi connectivity index (χ2v) is 7.19. The Morgan fingerprint density at radius 3 is 2.68 bits per heavy atom. The van der Waals surface area contributed by atoms with Crippen molar-refractivity contribution in [1.29, 1.82) is 0 Å². The molecule has 1 aliphatic rings. The lowest BCUT2D eigenvalue weighted by Crippen LogP contribution is -2.42. The number of hydrogen-bond acceptors (Lipinski definition) is 4. The first-order valence-corrected chi connectivity index (χ1v) is 8.22. The Hall–Kier alpha value is -0.850. The van der Waals surface area contributed by atoms with Gasteiger partial charge < -0.3 is 10.2 Å². The molecule has 6 heteroatoms. The van der Waals surface area contributed by atoms with Gasteiger partial charge in [-0.3, -0.25) is 0 Å². The van der Waals surface area contributed by atoms with Gasteiger partial charge in [-0.05, 0) is 43.2 Å². The van der Waals surface area contributed by atoms with Crippen LogP contribution in [0.3, 0.4) is 0 Å². The number of nitrogens with one attached hydrogen (secondary N) is 1. The van der Waals surface area contributed by atoms with Crippen LogP contribution < -0.4 is 10.5 Å². The van der Waals surface area contributed by atoms with Crippen molar-refractivity contribution >= 4 is 10.0 Å². The van der Waals surface area contributed by atoms with Crippen molar-refractivity contribution in [1.82, 2.24) is 4.72 Å². The lowest BCUT2D eigenvalue weighted by Gasteiger charge is -2.32. The van der Waals surface area contributed by atoms with Gasteiger partial charge in [0.15, 0.2) is 0 Å². The van der Waals surface area contributed by atoms with E-state index in [4.69, 9.17) is 10.2 Å². The minimum Gasteiger partial charge on any atom is -0.447 e. The quantitative estimate of drug-likeness (QED) is 0.884. The fourth-order valence-electron chi connectivity index (χ4n) is 2.71. The highest BCUT2D eigenvalue weighted by Gasteiger charge is 2.30. The Bertz CT molecular complexity index is 524. The molecule has 0 saturated heterocycles. The van der Waals surface area contributed by atoms with Gasteiger partial charge in [0.05, 0.1) is 6.54 Å². The summed E-state index contributed by atoms with van der Waals surface area (Å²) < 4.78 is 32.4. The molecule has 19 heavy (non-hydrogen) atoms. The van der Waals surface area contributed by atoms with Gasteiger partial charge in [0.1, 0.15) is 5.76 Å². The van der Waals surface area contributed by atoms with Crippen molar-refractivity contribution in [2.45, 2.75) is 50.8 Å². The number of rotatable bonds is 4. The van der Waals surface area contributed by atoms with Crippen LogP contribution in [0.4, 0.5) is 0 Å². The molecule has 0 amide bonds. The second kappa shape index (κ2) is 5.64. The van der Waals surface area contributed by atoms with E-state index in [1.807, 2.05) is 0 Å². The standard InChI is InChI=1S/C13H22N2O3S/c1-9-3-5-12(10(2)7-9)15-19(16,17)13-6-4-11(8-14)18-13/h4,6,9-10,12,15H,3,5,7-8,14H2,1-2H3. The molecule has 1 saturated carbocycles. The number of nitrogens with two attached hydrogens (primary N) is 1. The molecule has 1 fully saturated rings. The zero-order chi connectivity index (χ0) is 14.0. The molecule has 0 radical (unpaired) electrons. The maximum Gasteiger partial charge on any atom is 0.274 e. The number of furan rings is 1. The average Bonchev–Trinajstić information content (AvgIpc) is 2.82. The lowest BCUT2D eigenvalue weighted by molar-refractivity contribution is 0.248. The molecular weight excluding hydrogens is 264 g/mol. The molecule has 3 atom stereocenters. The van der Waals surface area contributed by atoms with Crippen molar-refractivity contribution in [3.05, 3.63) is 17.9 Å². The van der Waals surface area contributed by atoms with E-state index in [-0.39, 0.29) is 17.7 Å². The SMILES string of the molecule is CC1CCC(NS(=O)(=O)c2ccc(CN)o2)C(C)C1. The van der Waals surface area contributed by atoms with Crippen molar-refractivity contribution in [2.24, 2.45) is 17.6 Å². The highest BCUT2D eigenvalue weighted by atomic mass is 32.2. The summed E-state index contributed by atoms with van der Waals surface area (Å²) in [5.41, 5.74) is 5.42. The highest BCUT2D eigenvalue weighted by Crippen LogP contribution is 2.29. The Morgan fingerprint density at radius 1 is 1.37 bits per heavy atom. The summed E-state index contributed by atoms with van der Waals surface area (Å²) in [6.07, 6.45) is 3.00. The van der Waals surface area contributed by atoms with Gasteiger partial charge in [0, 0.05) is 6.04 Å². The van der Waals surface area contributed by atoms with Crippen LogP contribution in [0.1, 0.15) is 38.9 Å². The third-order valence-electron chi connectivity index (χ3n) is 3.84. The molecule has 3 unspecified atom stereocenters. The largest absolute Gasteiger partial charge is 0.447 e. The first kappa shape index (κ1) is 14.6. The van der Waals surface area contributed by atoms with Gasteiger partial charge in [-0.1, -0.05) is 13.8 Å². The maximum atomic E-state index is 12.2. The van der Waals surface area contributed by atoms with Crippen molar-refractivity contribution in [3.63, 3.8) is 0 Å². The average molecular weight is 286 g/mol. The summed E-state index contributed by atoms with van der Waals surface area (Å²) in [6.45, 7) is 4.50. The molecule has 0 spiro atoms. The molecule has 1 aromatic rings. The molecule has 1 heterocycles. The molecule has 1 aliphatic carbocycles. The van der Waals surface area contributed by atoms with Crippen LogP contribution in [0.15, 0.2) is 21.6 Å². The Kier molecular flexibility index (Phi) is 4.32. The molecule has 2 rings (SSSR count). The Morgan fingerprint density at radius 2 is 2.11 bits per heavy atom. The normalized spacial score (nSPS) is 28.5. The highest BCUT2D eigenvalue weighted by molar-refractivity contribution is 7.89. The molecule has 1 aromatic heterocycles. The van der Waals surface area contributed by atoms with Crippen LogP contribution in [0.2, 0.25) is 0 Å². The van der Waals surface area contributed by atoms with Gasteiger partial charge in [0.2, 0.25) is 5.09 Å². The Balaban J connectivity index is 2.08. The van der Waals surface area contributed by atoms with E-state index in [1.54, 1.807) is 6.07 Å². The zero-order valence-electron chi connectivity index (χ0n) is 11.4. The molecule has 5 nitrogen and oxygen atoms in total. The van der Waals surface area contributed by atoms with E-state index in [0.717, 1.165) is 19.3 Å². The second-order valence-electron chi connectivity index (χ2n) is 5.55. The van der Waals surface area contributed by atoms with Crippen LogP contribution >= 0.6 is 0 Å². The molecular formula is C13H22N2O3S. The van der Waals surface area contributed by atoms with Crippen LogP contribution in [-0.4, -0.2) is 14.5 Å². The summed E-state index contributed by atoms with van der Waals surface area (Å²) in [4.78, 5) is 0. The van der Waals surface area contributed by atoms with Crippen molar-refractivity contribution < 1.29 is 12.8 Å². The minimum atomic E-state index is -3.57.